The third-order valence-electron chi connectivity index (χ3n) is 9.71. The molecule has 0 aromatic heterocycles. The zero-order chi connectivity index (χ0) is 20.2. The molecule has 0 radical (unpaired) electrons. The summed E-state index contributed by atoms with van der Waals surface area (Å²) in [5, 5.41) is 10.6. The highest BCUT2D eigenvalue weighted by Gasteiger charge is 2.61. The molecule has 3 nitrogen and oxygen atoms in total. The van der Waals surface area contributed by atoms with Crippen LogP contribution < -0.4 is 0 Å². The monoisotopic (exact) mass is 388 g/mol. The van der Waals surface area contributed by atoms with Crippen molar-refractivity contribution in [2.75, 3.05) is 0 Å². The van der Waals surface area contributed by atoms with Crippen molar-refractivity contribution in [1.29, 1.82) is 0 Å². The first-order valence-corrected chi connectivity index (χ1v) is 11.8. The number of allylic oxidation sites excluding steroid dienone is 1. The maximum Gasteiger partial charge on any atom is 0.158 e. The summed E-state index contributed by atoms with van der Waals surface area (Å²) in [6.45, 7) is 8.95. The second kappa shape index (κ2) is 7.15. The lowest BCUT2D eigenvalue weighted by Crippen LogP contribution is -2.55. The first-order chi connectivity index (χ1) is 13.2. The highest BCUT2D eigenvalue weighted by Crippen LogP contribution is 2.67. The fourth-order valence-corrected chi connectivity index (χ4v) is 7.93. The molecule has 158 valence electrons. The SMILES string of the molecule is CCC(=O)/C=C/O[C@H]1CC[C@H]2[C@@H]3CC[C@H]4C[C@@](C)(O)CC[C@]4(C)[C@H]3CC[C@]12C. The number of carbonyl (C=O) groups excluding carboxylic acids is 1. The lowest BCUT2D eigenvalue weighted by atomic mass is 9.44. The molecule has 0 saturated heterocycles. The third-order valence-corrected chi connectivity index (χ3v) is 9.71. The molecule has 0 heterocycles. The predicted octanol–water partition coefficient (Wildman–Crippen LogP) is 5.66. The molecule has 0 amide bonds. The molecule has 0 unspecified atom stereocenters. The van der Waals surface area contributed by atoms with Gasteiger partial charge in [-0.25, -0.2) is 0 Å². The predicted molar refractivity (Wildman–Crippen MR) is 112 cm³/mol. The van der Waals surface area contributed by atoms with Crippen LogP contribution in [-0.4, -0.2) is 22.6 Å². The summed E-state index contributed by atoms with van der Waals surface area (Å²) in [5.74, 6) is 3.22. The standard InChI is InChI=1S/C25H40O3/c1-5-18(26)11-15-28-22-9-8-20-19-7-6-17-16-23(2,27)13-14-24(17,3)21(19)10-12-25(20,22)4/h11,15,17,19-22,27H,5-10,12-14,16H2,1-4H3/b15-11+/t17-,19-,20-,21-,22-,23-,24-,25-/m0/s1. The van der Waals surface area contributed by atoms with E-state index in [1.165, 1.54) is 38.5 Å². The molecule has 0 spiro atoms. The van der Waals surface area contributed by atoms with Crippen molar-refractivity contribution in [2.24, 2.45) is 34.5 Å². The van der Waals surface area contributed by atoms with E-state index in [1.807, 2.05) is 13.8 Å². The molecular formula is C25H40O3. The van der Waals surface area contributed by atoms with Crippen LogP contribution in [-0.2, 0) is 9.53 Å². The number of fused-ring (bicyclic) bond motifs is 5. The largest absolute Gasteiger partial charge is 0.497 e. The molecule has 3 heteroatoms. The first-order valence-electron chi connectivity index (χ1n) is 11.8. The van der Waals surface area contributed by atoms with E-state index in [9.17, 15) is 9.90 Å². The van der Waals surface area contributed by atoms with Gasteiger partial charge >= 0.3 is 0 Å². The van der Waals surface area contributed by atoms with Gasteiger partial charge in [0.2, 0.25) is 0 Å². The van der Waals surface area contributed by atoms with Crippen LogP contribution in [0.15, 0.2) is 12.3 Å². The number of carbonyl (C=O) groups is 1. The lowest BCUT2D eigenvalue weighted by Gasteiger charge is -2.61. The summed E-state index contributed by atoms with van der Waals surface area (Å²) in [5.41, 5.74) is 0.220. The minimum atomic E-state index is -0.450. The number of aliphatic hydroxyl groups is 1. The van der Waals surface area contributed by atoms with Gasteiger partial charge in [-0.2, -0.15) is 0 Å². The maximum atomic E-state index is 11.6. The average Bonchev–Trinajstić information content (AvgIpc) is 2.98. The molecule has 4 aliphatic carbocycles. The van der Waals surface area contributed by atoms with E-state index in [-0.39, 0.29) is 17.3 Å². The summed E-state index contributed by atoms with van der Waals surface area (Å²) in [6.07, 6.45) is 14.8. The van der Waals surface area contributed by atoms with Gasteiger partial charge in [-0.3, -0.25) is 4.79 Å². The van der Waals surface area contributed by atoms with Gasteiger partial charge < -0.3 is 9.84 Å². The number of ether oxygens (including phenoxy) is 1. The Kier molecular flexibility index (Phi) is 5.22. The van der Waals surface area contributed by atoms with Crippen LogP contribution in [0.3, 0.4) is 0 Å². The van der Waals surface area contributed by atoms with Crippen molar-refractivity contribution >= 4 is 5.78 Å². The van der Waals surface area contributed by atoms with Crippen molar-refractivity contribution in [3.63, 3.8) is 0 Å². The van der Waals surface area contributed by atoms with E-state index in [1.54, 1.807) is 12.3 Å². The first kappa shape index (κ1) is 20.4. The van der Waals surface area contributed by atoms with Crippen molar-refractivity contribution in [3.05, 3.63) is 12.3 Å². The second-order valence-electron chi connectivity index (χ2n) is 11.2. The van der Waals surface area contributed by atoms with Crippen molar-refractivity contribution < 1.29 is 14.6 Å². The quantitative estimate of drug-likeness (QED) is 0.499. The maximum absolute atomic E-state index is 11.6. The Morgan fingerprint density at radius 2 is 1.75 bits per heavy atom. The van der Waals surface area contributed by atoms with Gasteiger partial charge in [0.15, 0.2) is 5.78 Å². The van der Waals surface area contributed by atoms with Crippen molar-refractivity contribution in [3.8, 4) is 0 Å². The van der Waals surface area contributed by atoms with E-state index in [4.69, 9.17) is 4.74 Å². The molecule has 4 aliphatic rings. The van der Waals surface area contributed by atoms with E-state index in [0.29, 0.717) is 17.8 Å². The summed E-state index contributed by atoms with van der Waals surface area (Å²) in [7, 11) is 0. The third kappa shape index (κ3) is 3.26. The molecule has 0 aliphatic heterocycles. The van der Waals surface area contributed by atoms with Crippen molar-refractivity contribution in [2.45, 2.75) is 104 Å². The molecule has 0 bridgehead atoms. The van der Waals surface area contributed by atoms with Gasteiger partial charge in [0, 0.05) is 17.9 Å². The van der Waals surface area contributed by atoms with Crippen LogP contribution in [0.4, 0.5) is 0 Å². The molecule has 4 fully saturated rings. The van der Waals surface area contributed by atoms with Crippen LogP contribution in [0, 0.1) is 34.5 Å². The molecule has 8 atom stereocenters. The van der Waals surface area contributed by atoms with Crippen LogP contribution in [0.1, 0.15) is 91.9 Å². The summed E-state index contributed by atoms with van der Waals surface area (Å²) < 4.78 is 6.15. The number of hydrogen-bond donors (Lipinski definition) is 1. The molecule has 0 aromatic rings. The molecule has 1 N–H and O–H groups in total. The van der Waals surface area contributed by atoms with Crippen LogP contribution in [0.25, 0.3) is 0 Å². The average molecular weight is 389 g/mol. The second-order valence-corrected chi connectivity index (χ2v) is 11.2. The van der Waals surface area contributed by atoms with Gasteiger partial charge in [0.05, 0.1) is 11.9 Å². The highest BCUT2D eigenvalue weighted by atomic mass is 16.5. The van der Waals surface area contributed by atoms with E-state index >= 15 is 0 Å². The van der Waals surface area contributed by atoms with Gasteiger partial charge in [0.25, 0.3) is 0 Å². The number of hydrogen-bond acceptors (Lipinski definition) is 3. The normalized spacial score (nSPS) is 50.7. The fourth-order valence-electron chi connectivity index (χ4n) is 7.93. The van der Waals surface area contributed by atoms with E-state index in [2.05, 4.69) is 13.8 Å². The Morgan fingerprint density at radius 3 is 2.50 bits per heavy atom. The number of ketones is 1. The minimum Gasteiger partial charge on any atom is -0.497 e. The highest BCUT2D eigenvalue weighted by molar-refractivity contribution is 5.89. The molecule has 4 rings (SSSR count). The van der Waals surface area contributed by atoms with Gasteiger partial charge in [-0.1, -0.05) is 20.8 Å². The summed E-state index contributed by atoms with van der Waals surface area (Å²) in [6, 6.07) is 0. The van der Waals surface area contributed by atoms with Gasteiger partial charge in [-0.05, 0) is 93.8 Å². The van der Waals surface area contributed by atoms with Crippen LogP contribution in [0.2, 0.25) is 0 Å². The zero-order valence-corrected chi connectivity index (χ0v) is 18.4. The Labute approximate surface area is 171 Å². The Balaban J connectivity index is 1.49. The topological polar surface area (TPSA) is 46.5 Å². The molecule has 4 saturated carbocycles. The smallest absolute Gasteiger partial charge is 0.158 e. The Hall–Kier alpha value is -0.830. The summed E-state index contributed by atoms with van der Waals surface area (Å²) >= 11 is 0. The Morgan fingerprint density at radius 1 is 1.00 bits per heavy atom. The van der Waals surface area contributed by atoms with E-state index in [0.717, 1.165) is 37.0 Å². The molecule has 28 heavy (non-hydrogen) atoms. The van der Waals surface area contributed by atoms with Gasteiger partial charge in [-0.15, -0.1) is 0 Å². The van der Waals surface area contributed by atoms with Gasteiger partial charge in [0.1, 0.15) is 6.10 Å². The minimum absolute atomic E-state index is 0.142. The summed E-state index contributed by atoms with van der Waals surface area (Å²) in [4.78, 5) is 11.6. The molecule has 0 aromatic carbocycles. The van der Waals surface area contributed by atoms with Crippen molar-refractivity contribution in [1.82, 2.24) is 0 Å². The fraction of sp³-hybridized carbons (Fsp3) is 0.880. The Bertz CT molecular complexity index is 638. The van der Waals surface area contributed by atoms with Crippen LogP contribution >= 0.6 is 0 Å². The lowest BCUT2D eigenvalue weighted by molar-refractivity contribution is -0.151. The zero-order valence-electron chi connectivity index (χ0n) is 18.4. The number of rotatable bonds is 4. The van der Waals surface area contributed by atoms with Crippen LogP contribution in [0.5, 0.6) is 0 Å². The molecular weight excluding hydrogens is 348 g/mol. The van der Waals surface area contributed by atoms with E-state index < -0.39 is 5.60 Å².